The molecule has 0 atom stereocenters. The minimum Gasteiger partial charge on any atom is -0.444 e. The van der Waals surface area contributed by atoms with Crippen LogP contribution in [0.15, 0.2) is 42.5 Å². The first kappa shape index (κ1) is 16.2. The quantitative estimate of drug-likeness (QED) is 0.769. The lowest BCUT2D eigenvalue weighted by molar-refractivity contribution is 0.0242. The van der Waals surface area contributed by atoms with Crippen molar-refractivity contribution >= 4 is 12.4 Å². The monoisotopic (exact) mass is 323 g/mol. The molecular weight excluding hydrogens is 302 g/mol. The molecule has 2 aromatic carbocycles. The summed E-state index contributed by atoms with van der Waals surface area (Å²) in [7, 11) is 0. The zero-order valence-corrected chi connectivity index (χ0v) is 14.2. The fraction of sp³-hybridized carbons (Fsp3) is 0.300. The second kappa shape index (κ2) is 6.11. The summed E-state index contributed by atoms with van der Waals surface area (Å²) >= 11 is 0. The third-order valence-corrected chi connectivity index (χ3v) is 3.94. The Balaban J connectivity index is 1.81. The van der Waals surface area contributed by atoms with Gasteiger partial charge >= 0.3 is 6.09 Å². The predicted molar refractivity (Wildman–Crippen MR) is 92.7 cm³/mol. The maximum atomic E-state index is 12.2. The van der Waals surface area contributed by atoms with E-state index in [0.29, 0.717) is 18.7 Å². The van der Waals surface area contributed by atoms with Crippen molar-refractivity contribution in [2.45, 2.75) is 39.5 Å². The molecule has 0 saturated carbocycles. The minimum absolute atomic E-state index is 0.289. The molecule has 0 radical (unpaired) electrons. The van der Waals surface area contributed by atoms with Gasteiger partial charge in [0.1, 0.15) is 11.9 Å². The first-order valence-electron chi connectivity index (χ1n) is 8.01. The van der Waals surface area contributed by atoms with Gasteiger partial charge in [-0.05, 0) is 55.2 Å². The second-order valence-corrected chi connectivity index (χ2v) is 7.06. The van der Waals surface area contributed by atoms with E-state index in [2.05, 4.69) is 6.07 Å². The van der Waals surface area contributed by atoms with Gasteiger partial charge in [-0.2, -0.15) is 0 Å². The SMILES string of the molecule is CC(C)(C)OC(=O)N1Cc2ccc(-c3cccc(C=O)c3)cc2C1. The van der Waals surface area contributed by atoms with Crippen LogP contribution in [-0.4, -0.2) is 22.9 Å². The van der Waals surface area contributed by atoms with Crippen LogP contribution in [0.25, 0.3) is 11.1 Å². The molecule has 3 rings (SSSR count). The Kier molecular flexibility index (Phi) is 4.14. The van der Waals surface area contributed by atoms with Gasteiger partial charge in [-0.15, -0.1) is 0 Å². The van der Waals surface area contributed by atoms with Gasteiger partial charge in [0.05, 0.1) is 0 Å². The first-order valence-corrected chi connectivity index (χ1v) is 8.01. The van der Waals surface area contributed by atoms with Crippen molar-refractivity contribution in [1.29, 1.82) is 0 Å². The molecule has 1 aliphatic rings. The largest absolute Gasteiger partial charge is 0.444 e. The molecule has 0 saturated heterocycles. The Morgan fingerprint density at radius 1 is 1.04 bits per heavy atom. The molecule has 0 aliphatic carbocycles. The summed E-state index contributed by atoms with van der Waals surface area (Å²) in [5, 5.41) is 0. The minimum atomic E-state index is -0.494. The highest BCUT2D eigenvalue weighted by Crippen LogP contribution is 2.29. The lowest BCUT2D eigenvalue weighted by Crippen LogP contribution is -2.33. The fourth-order valence-corrected chi connectivity index (χ4v) is 2.82. The molecule has 24 heavy (non-hydrogen) atoms. The van der Waals surface area contributed by atoms with Crippen molar-refractivity contribution in [2.75, 3.05) is 0 Å². The van der Waals surface area contributed by atoms with Crippen molar-refractivity contribution in [3.05, 3.63) is 59.2 Å². The van der Waals surface area contributed by atoms with E-state index in [-0.39, 0.29) is 6.09 Å². The Labute approximate surface area is 142 Å². The topological polar surface area (TPSA) is 46.6 Å². The van der Waals surface area contributed by atoms with Gasteiger partial charge in [-0.3, -0.25) is 9.69 Å². The summed E-state index contributed by atoms with van der Waals surface area (Å²) in [4.78, 5) is 24.9. The summed E-state index contributed by atoms with van der Waals surface area (Å²) < 4.78 is 5.45. The number of nitrogens with zero attached hydrogens (tertiary/aromatic N) is 1. The Hall–Kier alpha value is -2.62. The maximum Gasteiger partial charge on any atom is 0.410 e. The van der Waals surface area contributed by atoms with Gasteiger partial charge in [-0.25, -0.2) is 4.79 Å². The van der Waals surface area contributed by atoms with Crippen LogP contribution >= 0.6 is 0 Å². The molecule has 4 nitrogen and oxygen atoms in total. The maximum absolute atomic E-state index is 12.2. The summed E-state index contributed by atoms with van der Waals surface area (Å²) in [6, 6.07) is 13.7. The zero-order chi connectivity index (χ0) is 17.3. The van der Waals surface area contributed by atoms with Crippen molar-refractivity contribution in [1.82, 2.24) is 4.90 Å². The lowest BCUT2D eigenvalue weighted by Gasteiger charge is -2.24. The number of fused-ring (bicyclic) bond motifs is 1. The normalized spacial score (nSPS) is 13.5. The molecule has 0 unspecified atom stereocenters. The number of aldehydes is 1. The van der Waals surface area contributed by atoms with Gasteiger partial charge in [-0.1, -0.05) is 30.3 Å². The van der Waals surface area contributed by atoms with Gasteiger partial charge in [0.25, 0.3) is 0 Å². The number of benzene rings is 2. The van der Waals surface area contributed by atoms with Crippen LogP contribution < -0.4 is 0 Å². The highest BCUT2D eigenvalue weighted by atomic mass is 16.6. The van der Waals surface area contributed by atoms with E-state index in [1.165, 1.54) is 0 Å². The summed E-state index contributed by atoms with van der Waals surface area (Å²) in [6.45, 7) is 6.72. The summed E-state index contributed by atoms with van der Waals surface area (Å²) in [5.41, 5.74) is 4.46. The van der Waals surface area contributed by atoms with Crippen LogP contribution in [0.3, 0.4) is 0 Å². The van der Waals surface area contributed by atoms with Gasteiger partial charge in [0, 0.05) is 18.7 Å². The molecule has 0 spiro atoms. The number of carbonyl (C=O) groups is 2. The van der Waals surface area contributed by atoms with E-state index < -0.39 is 5.60 Å². The van der Waals surface area contributed by atoms with E-state index in [9.17, 15) is 9.59 Å². The first-order chi connectivity index (χ1) is 11.4. The van der Waals surface area contributed by atoms with Crippen molar-refractivity contribution in [2.24, 2.45) is 0 Å². The lowest BCUT2D eigenvalue weighted by atomic mass is 9.99. The molecule has 0 N–H and O–H groups in total. The number of amides is 1. The Morgan fingerprint density at radius 3 is 2.46 bits per heavy atom. The average molecular weight is 323 g/mol. The van der Waals surface area contributed by atoms with E-state index in [1.807, 2.05) is 51.1 Å². The molecule has 1 aliphatic heterocycles. The molecule has 2 aromatic rings. The van der Waals surface area contributed by atoms with Crippen LogP contribution in [0.4, 0.5) is 4.79 Å². The average Bonchev–Trinajstić information content (AvgIpc) is 2.96. The highest BCUT2D eigenvalue weighted by Gasteiger charge is 2.27. The van der Waals surface area contributed by atoms with Gasteiger partial charge in [0.15, 0.2) is 0 Å². The fourth-order valence-electron chi connectivity index (χ4n) is 2.82. The molecule has 1 heterocycles. The van der Waals surface area contributed by atoms with Crippen LogP contribution in [0.2, 0.25) is 0 Å². The molecular formula is C20H21NO3. The van der Waals surface area contributed by atoms with Gasteiger partial charge < -0.3 is 4.74 Å². The summed E-state index contributed by atoms with van der Waals surface area (Å²) in [6.07, 6.45) is 0.560. The van der Waals surface area contributed by atoms with Crippen LogP contribution in [0.1, 0.15) is 42.3 Å². The van der Waals surface area contributed by atoms with E-state index in [0.717, 1.165) is 28.5 Å². The molecule has 4 heteroatoms. The Morgan fingerprint density at radius 2 is 1.75 bits per heavy atom. The smallest absolute Gasteiger partial charge is 0.410 e. The van der Waals surface area contributed by atoms with Crippen LogP contribution in [-0.2, 0) is 17.8 Å². The highest BCUT2D eigenvalue weighted by molar-refractivity contribution is 5.79. The molecule has 0 fully saturated rings. The third kappa shape index (κ3) is 3.48. The van der Waals surface area contributed by atoms with Crippen molar-refractivity contribution in [3.63, 3.8) is 0 Å². The van der Waals surface area contributed by atoms with Crippen molar-refractivity contribution in [3.8, 4) is 11.1 Å². The van der Waals surface area contributed by atoms with Crippen molar-refractivity contribution < 1.29 is 14.3 Å². The molecule has 124 valence electrons. The van der Waals surface area contributed by atoms with Gasteiger partial charge in [0.2, 0.25) is 0 Å². The number of carbonyl (C=O) groups excluding carboxylic acids is 2. The number of ether oxygens (including phenoxy) is 1. The molecule has 0 aromatic heterocycles. The molecule has 1 amide bonds. The Bertz CT molecular complexity index is 790. The number of hydrogen-bond donors (Lipinski definition) is 0. The van der Waals surface area contributed by atoms with E-state index >= 15 is 0 Å². The van der Waals surface area contributed by atoms with E-state index in [4.69, 9.17) is 4.74 Å². The number of hydrogen-bond acceptors (Lipinski definition) is 3. The third-order valence-electron chi connectivity index (χ3n) is 3.94. The standard InChI is InChI=1S/C20H21NO3/c1-20(2,3)24-19(23)21-11-17-8-7-16(10-18(17)12-21)15-6-4-5-14(9-15)13-22/h4-10,13H,11-12H2,1-3H3. The van der Waals surface area contributed by atoms with Crippen LogP contribution in [0.5, 0.6) is 0 Å². The zero-order valence-electron chi connectivity index (χ0n) is 14.2. The van der Waals surface area contributed by atoms with Crippen LogP contribution in [0, 0.1) is 0 Å². The second-order valence-electron chi connectivity index (χ2n) is 7.06. The molecule has 0 bridgehead atoms. The summed E-state index contributed by atoms with van der Waals surface area (Å²) in [5.74, 6) is 0. The number of rotatable bonds is 2. The predicted octanol–water partition coefficient (Wildman–Crippen LogP) is 4.42. The van der Waals surface area contributed by atoms with E-state index in [1.54, 1.807) is 11.0 Å².